The highest BCUT2D eigenvalue weighted by atomic mass is 32.1. The fourth-order valence-corrected chi connectivity index (χ4v) is 7.18. The lowest BCUT2D eigenvalue weighted by Gasteiger charge is -2.28. The highest BCUT2D eigenvalue weighted by Gasteiger charge is 2.37. The molecule has 0 saturated heterocycles. The van der Waals surface area contributed by atoms with Gasteiger partial charge in [-0.05, 0) is 53.6 Å². The van der Waals surface area contributed by atoms with Crippen LogP contribution in [0.3, 0.4) is 0 Å². The molecule has 5 aromatic carbocycles. The van der Waals surface area contributed by atoms with Crippen LogP contribution in [0.15, 0.2) is 131 Å². The van der Waals surface area contributed by atoms with E-state index in [1.807, 2.05) is 115 Å². The summed E-state index contributed by atoms with van der Waals surface area (Å²) in [7, 11) is 1.58. The lowest BCUT2D eigenvalue weighted by atomic mass is 9.89. The SMILES string of the molecule is CCOC(=O)C1=C(c2ccccc2)N=c2sc(=Cc3ccc(OCc4ccccc4C#N)cc3)c(=O)n2[C@@H]1c1c(OC)ccc2ccccc12. The third-order valence-electron chi connectivity index (χ3n) is 8.51. The average molecular weight is 678 g/mol. The van der Waals surface area contributed by atoms with Crippen LogP contribution in [0, 0.1) is 11.3 Å². The van der Waals surface area contributed by atoms with Crippen LogP contribution in [-0.2, 0) is 16.1 Å². The maximum Gasteiger partial charge on any atom is 0.338 e. The van der Waals surface area contributed by atoms with E-state index in [0.717, 1.165) is 27.5 Å². The summed E-state index contributed by atoms with van der Waals surface area (Å²) < 4.78 is 19.6. The van der Waals surface area contributed by atoms with E-state index in [2.05, 4.69) is 6.07 Å². The number of aromatic nitrogens is 1. The maximum atomic E-state index is 14.5. The van der Waals surface area contributed by atoms with Crippen molar-refractivity contribution in [3.8, 4) is 17.6 Å². The van der Waals surface area contributed by atoms with Gasteiger partial charge in [-0.3, -0.25) is 9.36 Å². The highest BCUT2D eigenvalue weighted by Crippen LogP contribution is 2.42. The summed E-state index contributed by atoms with van der Waals surface area (Å²) >= 11 is 1.25. The zero-order valence-electron chi connectivity index (χ0n) is 27.3. The number of carbonyl (C=O) groups excluding carboxylic acids is 1. The van der Waals surface area contributed by atoms with Crippen molar-refractivity contribution in [1.82, 2.24) is 4.57 Å². The Morgan fingerprint density at radius 3 is 2.44 bits per heavy atom. The van der Waals surface area contributed by atoms with Gasteiger partial charge in [-0.2, -0.15) is 5.26 Å². The van der Waals surface area contributed by atoms with Gasteiger partial charge in [0.05, 0.1) is 41.2 Å². The number of thiazole rings is 1. The fourth-order valence-electron chi connectivity index (χ4n) is 6.18. The van der Waals surface area contributed by atoms with Crippen molar-refractivity contribution in [2.75, 3.05) is 13.7 Å². The van der Waals surface area contributed by atoms with Gasteiger partial charge in [0.15, 0.2) is 4.80 Å². The van der Waals surface area contributed by atoms with Gasteiger partial charge in [-0.1, -0.05) is 102 Å². The van der Waals surface area contributed by atoms with Crippen molar-refractivity contribution < 1.29 is 19.0 Å². The van der Waals surface area contributed by atoms with Gasteiger partial charge in [0.1, 0.15) is 24.1 Å². The smallest absolute Gasteiger partial charge is 0.338 e. The Kier molecular flexibility index (Phi) is 9.10. The van der Waals surface area contributed by atoms with Gasteiger partial charge in [0.2, 0.25) is 0 Å². The fraction of sp³-hybridized carbons (Fsp3) is 0.122. The second-order valence-electron chi connectivity index (χ2n) is 11.5. The van der Waals surface area contributed by atoms with Gasteiger partial charge in [0.25, 0.3) is 5.56 Å². The lowest BCUT2D eigenvalue weighted by molar-refractivity contribution is -0.138. The predicted molar refractivity (Wildman–Crippen MR) is 193 cm³/mol. The summed E-state index contributed by atoms with van der Waals surface area (Å²) in [6.45, 7) is 2.16. The number of ether oxygens (including phenoxy) is 3. The molecule has 0 saturated carbocycles. The minimum absolute atomic E-state index is 0.152. The molecule has 246 valence electrons. The first-order valence-electron chi connectivity index (χ1n) is 16.1. The summed E-state index contributed by atoms with van der Waals surface area (Å²) in [5.74, 6) is 0.607. The third kappa shape index (κ3) is 6.09. The molecule has 7 rings (SSSR count). The van der Waals surface area contributed by atoms with Crippen LogP contribution < -0.4 is 24.4 Å². The molecule has 0 fully saturated rings. The standard InChI is InChI=1S/C41H31N3O5S/c1-3-48-40(46)36-37(28-12-5-4-6-13-28)43-41-44(38(36)35-32-16-10-9-11-27(32)19-22-33(35)47-2)39(45)34(50-41)23-26-17-20-31(21-18-26)49-25-30-15-8-7-14-29(30)24-42/h4-23,38H,3,25H2,1-2H3/t38-/m1/s1. The molecule has 0 bridgehead atoms. The van der Waals surface area contributed by atoms with Crippen molar-refractivity contribution in [2.24, 2.45) is 4.99 Å². The summed E-state index contributed by atoms with van der Waals surface area (Å²) in [4.78, 5) is 33.9. The summed E-state index contributed by atoms with van der Waals surface area (Å²) in [5.41, 5.74) is 3.95. The summed E-state index contributed by atoms with van der Waals surface area (Å²) in [6, 6.07) is 37.1. The Bertz CT molecular complexity index is 2490. The Hall–Kier alpha value is -6.24. The summed E-state index contributed by atoms with van der Waals surface area (Å²) in [6.07, 6.45) is 1.81. The zero-order valence-corrected chi connectivity index (χ0v) is 28.1. The second-order valence-corrected chi connectivity index (χ2v) is 12.5. The highest BCUT2D eigenvalue weighted by molar-refractivity contribution is 7.07. The Morgan fingerprint density at radius 1 is 0.940 bits per heavy atom. The van der Waals surface area contributed by atoms with E-state index in [1.54, 1.807) is 24.7 Å². The van der Waals surface area contributed by atoms with Crippen LogP contribution in [0.4, 0.5) is 0 Å². The third-order valence-corrected chi connectivity index (χ3v) is 9.49. The van der Waals surface area contributed by atoms with Gasteiger partial charge in [0, 0.05) is 16.7 Å². The Balaban J connectivity index is 1.39. The number of fused-ring (bicyclic) bond motifs is 2. The second kappa shape index (κ2) is 14.1. The van der Waals surface area contributed by atoms with Gasteiger partial charge < -0.3 is 14.2 Å². The number of esters is 1. The normalized spacial score (nSPS) is 14.1. The van der Waals surface area contributed by atoms with Gasteiger partial charge in [-0.15, -0.1) is 0 Å². The van der Waals surface area contributed by atoms with Crippen molar-refractivity contribution in [3.05, 3.63) is 168 Å². The topological polar surface area (TPSA) is 103 Å². The first kappa shape index (κ1) is 32.3. The van der Waals surface area contributed by atoms with E-state index in [1.165, 1.54) is 11.3 Å². The van der Waals surface area contributed by atoms with Crippen LogP contribution >= 0.6 is 11.3 Å². The first-order valence-corrected chi connectivity index (χ1v) is 16.9. The molecular weight excluding hydrogens is 647 g/mol. The number of carbonyl (C=O) groups is 1. The molecule has 8 nitrogen and oxygen atoms in total. The molecule has 2 heterocycles. The molecule has 0 aliphatic carbocycles. The predicted octanol–water partition coefficient (Wildman–Crippen LogP) is 6.55. The lowest BCUT2D eigenvalue weighted by Crippen LogP contribution is -2.40. The number of nitrogens with zero attached hydrogens (tertiary/aromatic N) is 3. The number of nitriles is 1. The van der Waals surface area contributed by atoms with E-state index in [4.69, 9.17) is 19.2 Å². The molecule has 6 aromatic rings. The molecule has 0 spiro atoms. The van der Waals surface area contributed by atoms with E-state index in [9.17, 15) is 14.9 Å². The van der Waals surface area contributed by atoms with Crippen LogP contribution in [-0.4, -0.2) is 24.3 Å². The van der Waals surface area contributed by atoms with Crippen molar-refractivity contribution >= 4 is 39.9 Å². The van der Waals surface area contributed by atoms with Gasteiger partial charge in [-0.25, -0.2) is 9.79 Å². The van der Waals surface area contributed by atoms with Crippen LogP contribution in [0.1, 0.15) is 40.8 Å². The van der Waals surface area contributed by atoms with Crippen molar-refractivity contribution in [1.29, 1.82) is 5.26 Å². The van der Waals surface area contributed by atoms with Crippen molar-refractivity contribution in [2.45, 2.75) is 19.6 Å². The molecule has 9 heteroatoms. The van der Waals surface area contributed by atoms with Crippen LogP contribution in [0.2, 0.25) is 0 Å². The first-order chi connectivity index (χ1) is 24.5. The Morgan fingerprint density at radius 2 is 1.68 bits per heavy atom. The number of hydrogen-bond acceptors (Lipinski definition) is 8. The molecule has 1 aromatic heterocycles. The van der Waals surface area contributed by atoms with E-state index >= 15 is 0 Å². The zero-order chi connectivity index (χ0) is 34.6. The molecule has 0 N–H and O–H groups in total. The molecule has 1 aliphatic heterocycles. The monoisotopic (exact) mass is 677 g/mol. The van der Waals surface area contributed by atoms with E-state index < -0.39 is 12.0 Å². The van der Waals surface area contributed by atoms with Gasteiger partial charge >= 0.3 is 5.97 Å². The molecule has 1 aliphatic rings. The van der Waals surface area contributed by atoms with Crippen molar-refractivity contribution in [3.63, 3.8) is 0 Å². The minimum Gasteiger partial charge on any atom is -0.496 e. The number of rotatable bonds is 9. The number of hydrogen-bond donors (Lipinski definition) is 0. The molecule has 0 amide bonds. The number of benzene rings is 5. The molecule has 1 atom stereocenters. The Labute approximate surface area is 292 Å². The number of methoxy groups -OCH3 is 1. The molecule has 0 radical (unpaired) electrons. The largest absolute Gasteiger partial charge is 0.496 e. The quantitative estimate of drug-likeness (QED) is 0.161. The molecular formula is C41H31N3O5S. The minimum atomic E-state index is -0.893. The van der Waals surface area contributed by atoms with Crippen LogP contribution in [0.5, 0.6) is 11.5 Å². The summed E-state index contributed by atoms with van der Waals surface area (Å²) in [5, 5.41) is 11.2. The molecule has 50 heavy (non-hydrogen) atoms. The van der Waals surface area contributed by atoms with Crippen LogP contribution in [0.25, 0.3) is 22.5 Å². The average Bonchev–Trinajstić information content (AvgIpc) is 3.47. The van der Waals surface area contributed by atoms with E-state index in [0.29, 0.717) is 37.7 Å². The van der Waals surface area contributed by atoms with E-state index in [-0.39, 0.29) is 24.3 Å². The molecule has 0 unspecified atom stereocenters. The maximum absolute atomic E-state index is 14.5.